The number of unbranched alkanes of at least 4 members (excludes halogenated alkanes) is 5. The highest BCUT2D eigenvalue weighted by molar-refractivity contribution is 5.90. The van der Waals surface area contributed by atoms with Crippen molar-refractivity contribution >= 4 is 11.8 Å². The Morgan fingerprint density at radius 1 is 0.520 bits per heavy atom. The highest BCUT2D eigenvalue weighted by Gasteiger charge is 2.30. The van der Waals surface area contributed by atoms with Crippen LogP contribution in [0.4, 0.5) is 0 Å². The fourth-order valence-corrected chi connectivity index (χ4v) is 6.27. The largest absolute Gasteiger partial charge is 0.493 e. The molecule has 6 nitrogen and oxygen atoms in total. The third-order valence-corrected chi connectivity index (χ3v) is 8.91. The smallest absolute Gasteiger partial charge is 0.233 e. The van der Waals surface area contributed by atoms with Gasteiger partial charge >= 0.3 is 0 Å². The van der Waals surface area contributed by atoms with E-state index in [4.69, 9.17) is 9.47 Å². The van der Waals surface area contributed by atoms with Crippen LogP contribution in [-0.4, -0.2) is 25.5 Å². The molecule has 0 saturated carbocycles. The molecule has 5 aromatic rings. The van der Waals surface area contributed by atoms with Gasteiger partial charge in [0.15, 0.2) is 11.5 Å². The van der Waals surface area contributed by atoms with Crippen LogP contribution in [0.3, 0.4) is 0 Å². The van der Waals surface area contributed by atoms with Crippen molar-refractivity contribution in [1.29, 1.82) is 0 Å². The van der Waals surface area contributed by atoms with Crippen LogP contribution in [0.25, 0.3) is 0 Å². The lowest BCUT2D eigenvalue weighted by atomic mass is 9.89. The van der Waals surface area contributed by atoms with E-state index in [0.717, 1.165) is 35.1 Å². The Hall–Kier alpha value is -5.36. The molecule has 0 atom stereocenters. The van der Waals surface area contributed by atoms with E-state index in [1.807, 2.05) is 140 Å². The van der Waals surface area contributed by atoms with Crippen molar-refractivity contribution in [2.24, 2.45) is 0 Å². The summed E-state index contributed by atoms with van der Waals surface area (Å²) in [6.07, 6.45) is 6.14. The van der Waals surface area contributed by atoms with E-state index in [-0.39, 0.29) is 11.8 Å². The molecule has 0 saturated heterocycles. The number of carbonyl (C=O) groups is 2. The summed E-state index contributed by atoms with van der Waals surface area (Å²) >= 11 is 0. The van der Waals surface area contributed by atoms with Gasteiger partial charge in [-0.15, -0.1) is 0 Å². The molecular formula is C44H48N2O4. The molecule has 0 radical (unpaired) electrons. The Balaban J connectivity index is 1.46. The zero-order chi connectivity index (χ0) is 35.0. The highest BCUT2D eigenvalue weighted by atomic mass is 16.5. The quantitative estimate of drug-likeness (QED) is 0.0721. The number of benzene rings is 5. The summed E-state index contributed by atoms with van der Waals surface area (Å²) in [6, 6.07) is 44.3. The number of hydrogen-bond acceptors (Lipinski definition) is 4. The second-order valence-corrected chi connectivity index (χ2v) is 12.5. The summed E-state index contributed by atoms with van der Waals surface area (Å²) in [4.78, 5) is 28.8. The van der Waals surface area contributed by atoms with Gasteiger partial charge in [0.1, 0.15) is 6.17 Å². The van der Waals surface area contributed by atoms with E-state index in [1.165, 1.54) is 25.7 Å². The first-order valence-corrected chi connectivity index (χ1v) is 17.7. The monoisotopic (exact) mass is 668 g/mol. The van der Waals surface area contributed by atoms with Gasteiger partial charge in [0, 0.05) is 0 Å². The standard InChI is InChI=1S/C44H48N2O4/c1-3-4-5-6-7-20-31-50-38-30-29-37(32-39(38)49-2)42(45-43(47)40(33-21-12-8-13-22-33)34-23-14-9-15-24-34)46-44(48)41(35-25-16-10-17-26-35)36-27-18-11-19-28-36/h8-19,21-30,32,40-42H,3-7,20,31H2,1-2H3,(H,45,47)(H,46,48). The van der Waals surface area contributed by atoms with E-state index < -0.39 is 18.0 Å². The Morgan fingerprint density at radius 3 is 1.36 bits per heavy atom. The van der Waals surface area contributed by atoms with Crippen LogP contribution >= 0.6 is 0 Å². The van der Waals surface area contributed by atoms with E-state index in [0.29, 0.717) is 23.7 Å². The van der Waals surface area contributed by atoms with E-state index in [9.17, 15) is 9.59 Å². The maximum atomic E-state index is 14.4. The number of ether oxygens (including phenoxy) is 2. The average molecular weight is 669 g/mol. The van der Waals surface area contributed by atoms with Gasteiger partial charge in [-0.3, -0.25) is 9.59 Å². The van der Waals surface area contributed by atoms with Gasteiger partial charge in [0.25, 0.3) is 0 Å². The predicted octanol–water partition coefficient (Wildman–Crippen LogP) is 9.33. The molecule has 0 heterocycles. The Kier molecular flexibility index (Phi) is 13.6. The van der Waals surface area contributed by atoms with Crippen LogP contribution < -0.4 is 20.1 Å². The summed E-state index contributed by atoms with van der Waals surface area (Å²) in [5, 5.41) is 6.40. The van der Waals surface area contributed by atoms with Crippen LogP contribution in [-0.2, 0) is 9.59 Å². The lowest BCUT2D eigenvalue weighted by Crippen LogP contribution is -2.44. The number of carbonyl (C=O) groups excluding carboxylic acids is 2. The predicted molar refractivity (Wildman–Crippen MR) is 200 cm³/mol. The zero-order valence-corrected chi connectivity index (χ0v) is 29.1. The SMILES string of the molecule is CCCCCCCCOc1ccc(C(NC(=O)C(c2ccccc2)c2ccccc2)NC(=O)C(c2ccccc2)c2ccccc2)cc1OC. The molecule has 2 amide bonds. The molecular weight excluding hydrogens is 620 g/mol. The Labute approximate surface area is 296 Å². The fourth-order valence-electron chi connectivity index (χ4n) is 6.27. The highest BCUT2D eigenvalue weighted by Crippen LogP contribution is 2.33. The van der Waals surface area contributed by atoms with Crippen molar-refractivity contribution in [3.05, 3.63) is 167 Å². The van der Waals surface area contributed by atoms with E-state index >= 15 is 0 Å². The van der Waals surface area contributed by atoms with Crippen LogP contribution in [0.1, 0.15) is 91.3 Å². The van der Waals surface area contributed by atoms with Gasteiger partial charge in [-0.05, 0) is 46.4 Å². The molecule has 258 valence electrons. The summed E-state index contributed by atoms with van der Waals surface area (Å²) in [5.41, 5.74) is 4.06. The minimum Gasteiger partial charge on any atom is -0.493 e. The Morgan fingerprint density at radius 2 is 0.940 bits per heavy atom. The molecule has 0 spiro atoms. The van der Waals surface area contributed by atoms with Gasteiger partial charge < -0.3 is 20.1 Å². The van der Waals surface area contributed by atoms with Crippen molar-refractivity contribution in [2.75, 3.05) is 13.7 Å². The zero-order valence-electron chi connectivity index (χ0n) is 29.1. The van der Waals surface area contributed by atoms with Crippen molar-refractivity contribution in [3.63, 3.8) is 0 Å². The summed E-state index contributed by atoms with van der Waals surface area (Å²) in [7, 11) is 1.60. The minimum absolute atomic E-state index is 0.244. The number of nitrogens with one attached hydrogen (secondary N) is 2. The molecule has 0 aliphatic rings. The van der Waals surface area contributed by atoms with Crippen LogP contribution in [0.5, 0.6) is 11.5 Å². The maximum absolute atomic E-state index is 14.4. The lowest BCUT2D eigenvalue weighted by Gasteiger charge is -2.27. The second kappa shape index (κ2) is 19.0. The molecule has 0 fully saturated rings. The number of hydrogen-bond donors (Lipinski definition) is 2. The van der Waals surface area contributed by atoms with Crippen LogP contribution in [0.2, 0.25) is 0 Å². The van der Waals surface area contributed by atoms with Crippen molar-refractivity contribution in [2.45, 2.75) is 63.5 Å². The fraction of sp³-hybridized carbons (Fsp3) is 0.273. The van der Waals surface area contributed by atoms with E-state index in [2.05, 4.69) is 17.6 Å². The molecule has 6 heteroatoms. The molecule has 0 aromatic heterocycles. The first kappa shape index (κ1) is 35.9. The van der Waals surface area contributed by atoms with Gasteiger partial charge in [0.05, 0.1) is 25.6 Å². The van der Waals surface area contributed by atoms with Gasteiger partial charge in [-0.1, -0.05) is 166 Å². The number of amides is 2. The van der Waals surface area contributed by atoms with E-state index in [1.54, 1.807) is 7.11 Å². The molecule has 0 bridgehead atoms. The summed E-state index contributed by atoms with van der Waals surface area (Å²) in [6.45, 7) is 2.81. The molecule has 0 aliphatic heterocycles. The maximum Gasteiger partial charge on any atom is 0.233 e. The first-order chi connectivity index (χ1) is 24.6. The van der Waals surface area contributed by atoms with Crippen molar-refractivity contribution < 1.29 is 19.1 Å². The minimum atomic E-state index is -0.874. The van der Waals surface area contributed by atoms with Crippen molar-refractivity contribution in [1.82, 2.24) is 10.6 Å². The molecule has 0 unspecified atom stereocenters. The molecule has 5 rings (SSSR count). The van der Waals surface area contributed by atoms with Crippen LogP contribution in [0, 0.1) is 0 Å². The van der Waals surface area contributed by atoms with Crippen LogP contribution in [0.15, 0.2) is 140 Å². The van der Waals surface area contributed by atoms with Gasteiger partial charge in [0.2, 0.25) is 11.8 Å². The first-order valence-electron chi connectivity index (χ1n) is 17.7. The molecule has 5 aromatic carbocycles. The lowest BCUT2D eigenvalue weighted by molar-refractivity contribution is -0.125. The third kappa shape index (κ3) is 9.85. The van der Waals surface area contributed by atoms with Gasteiger partial charge in [-0.25, -0.2) is 0 Å². The molecule has 50 heavy (non-hydrogen) atoms. The number of methoxy groups -OCH3 is 1. The van der Waals surface area contributed by atoms with Gasteiger partial charge in [-0.2, -0.15) is 0 Å². The molecule has 0 aliphatic carbocycles. The van der Waals surface area contributed by atoms with Crippen molar-refractivity contribution in [3.8, 4) is 11.5 Å². The topological polar surface area (TPSA) is 76.7 Å². The average Bonchev–Trinajstić information content (AvgIpc) is 3.16. The normalized spacial score (nSPS) is 11.1. The second-order valence-electron chi connectivity index (χ2n) is 12.5. The Bertz CT molecular complexity index is 1570. The molecule has 2 N–H and O–H groups in total. The third-order valence-electron chi connectivity index (χ3n) is 8.91. The summed E-state index contributed by atoms with van der Waals surface area (Å²) in [5.74, 6) is -0.529. The number of rotatable bonds is 18. The summed E-state index contributed by atoms with van der Waals surface area (Å²) < 4.78 is 11.9.